The predicted octanol–water partition coefficient (Wildman–Crippen LogP) is 4.71. The number of hydrogen-bond donors (Lipinski definition) is 0. The van der Waals surface area contributed by atoms with E-state index in [1.807, 2.05) is 24.3 Å². The molecule has 3 rings (SSSR count). The van der Waals surface area contributed by atoms with Crippen molar-refractivity contribution in [2.45, 2.75) is 18.6 Å². The number of thioether (sulfide) groups is 1. The van der Waals surface area contributed by atoms with Crippen molar-refractivity contribution in [1.29, 1.82) is 0 Å². The fraction of sp³-hybridized carbons (Fsp3) is 0.190. The van der Waals surface area contributed by atoms with Gasteiger partial charge in [0, 0.05) is 11.6 Å². The quantitative estimate of drug-likeness (QED) is 0.402. The van der Waals surface area contributed by atoms with Crippen LogP contribution in [0.5, 0.6) is 0 Å². The number of carbonyl (C=O) groups is 1. The van der Waals surface area contributed by atoms with Gasteiger partial charge < -0.3 is 0 Å². The lowest BCUT2D eigenvalue weighted by Crippen LogP contribution is -2.32. The second kappa shape index (κ2) is 9.02. The van der Waals surface area contributed by atoms with E-state index in [4.69, 9.17) is 11.6 Å². The van der Waals surface area contributed by atoms with Gasteiger partial charge in [0.2, 0.25) is 5.91 Å². The summed E-state index contributed by atoms with van der Waals surface area (Å²) >= 11 is 7.34. The molecular formula is C21H20ClN3OS. The molecule has 0 saturated carbocycles. The minimum absolute atomic E-state index is 0.0450. The molecule has 1 amide bonds. The van der Waals surface area contributed by atoms with Gasteiger partial charge in [0.05, 0.1) is 11.5 Å². The Morgan fingerprint density at radius 3 is 2.67 bits per heavy atom. The average Bonchev–Trinajstić information content (AvgIpc) is 2.95. The van der Waals surface area contributed by atoms with Gasteiger partial charge in [-0.1, -0.05) is 65.8 Å². The minimum Gasteiger partial charge on any atom is -0.285 e. The van der Waals surface area contributed by atoms with E-state index in [1.165, 1.54) is 22.9 Å². The van der Waals surface area contributed by atoms with Crippen LogP contribution in [-0.2, 0) is 11.2 Å². The second-order valence-corrected chi connectivity index (χ2v) is 7.76. The lowest BCUT2D eigenvalue weighted by atomic mass is 10.0. The Morgan fingerprint density at radius 1 is 1.22 bits per heavy atom. The van der Waals surface area contributed by atoms with Gasteiger partial charge in [0.15, 0.2) is 5.17 Å². The molecule has 27 heavy (non-hydrogen) atoms. The highest BCUT2D eigenvalue weighted by atomic mass is 35.5. The summed E-state index contributed by atoms with van der Waals surface area (Å²) in [6.07, 6.45) is 4.02. The maximum absolute atomic E-state index is 12.8. The molecule has 1 fully saturated rings. The Labute approximate surface area is 168 Å². The van der Waals surface area contributed by atoms with Gasteiger partial charge in [-0.3, -0.25) is 9.69 Å². The van der Waals surface area contributed by atoms with Crippen LogP contribution in [0.2, 0.25) is 5.02 Å². The van der Waals surface area contributed by atoms with Gasteiger partial charge in [-0.15, -0.1) is 11.7 Å². The molecule has 0 N–H and O–H groups in total. The van der Waals surface area contributed by atoms with Gasteiger partial charge in [0.25, 0.3) is 0 Å². The molecule has 1 atom stereocenters. The smallest absolute Gasteiger partial charge is 0.242 e. The number of carbonyl (C=O) groups excluding carboxylic acids is 1. The molecule has 0 aromatic heterocycles. The number of rotatable bonds is 6. The summed E-state index contributed by atoms with van der Waals surface area (Å²) in [5, 5.41) is 9.50. The molecule has 2 aromatic rings. The van der Waals surface area contributed by atoms with Crippen LogP contribution in [-0.4, -0.2) is 34.0 Å². The fourth-order valence-corrected chi connectivity index (χ4v) is 4.00. The summed E-state index contributed by atoms with van der Waals surface area (Å²) in [6.45, 7) is 6.23. The van der Waals surface area contributed by atoms with Gasteiger partial charge in [-0.2, -0.15) is 5.10 Å². The zero-order valence-corrected chi connectivity index (χ0v) is 16.6. The Hall–Kier alpha value is -2.37. The normalized spacial score (nSPS) is 18.6. The first kappa shape index (κ1) is 19.4. The first-order valence-electron chi connectivity index (χ1n) is 8.58. The molecule has 1 unspecified atom stereocenters. The van der Waals surface area contributed by atoms with Crippen molar-refractivity contribution in [3.63, 3.8) is 0 Å². The molecule has 0 bridgehead atoms. The number of nitrogens with zero attached hydrogens (tertiary/aromatic N) is 3. The van der Waals surface area contributed by atoms with Crippen LogP contribution in [0, 0.1) is 6.92 Å². The highest BCUT2D eigenvalue weighted by Crippen LogP contribution is 2.30. The van der Waals surface area contributed by atoms with Crippen LogP contribution in [0.3, 0.4) is 0 Å². The topological polar surface area (TPSA) is 45.0 Å². The summed E-state index contributed by atoms with van der Waals surface area (Å²) in [5.74, 6) is 0.0450. The van der Waals surface area contributed by atoms with Crippen molar-refractivity contribution >= 4 is 40.7 Å². The molecular weight excluding hydrogens is 378 g/mol. The fourth-order valence-electron chi connectivity index (χ4n) is 2.75. The van der Waals surface area contributed by atoms with Crippen LogP contribution < -0.4 is 0 Å². The van der Waals surface area contributed by atoms with Crippen molar-refractivity contribution in [2.75, 3.05) is 6.54 Å². The van der Waals surface area contributed by atoms with E-state index in [1.54, 1.807) is 29.3 Å². The van der Waals surface area contributed by atoms with Crippen molar-refractivity contribution < 1.29 is 4.79 Å². The highest BCUT2D eigenvalue weighted by molar-refractivity contribution is 8.15. The van der Waals surface area contributed by atoms with E-state index in [0.717, 1.165) is 5.56 Å². The van der Waals surface area contributed by atoms with E-state index in [2.05, 4.69) is 35.8 Å². The first-order valence-corrected chi connectivity index (χ1v) is 9.84. The summed E-state index contributed by atoms with van der Waals surface area (Å²) < 4.78 is 0. The molecule has 6 heteroatoms. The van der Waals surface area contributed by atoms with Gasteiger partial charge in [-0.05, 0) is 42.2 Å². The minimum atomic E-state index is -0.199. The monoisotopic (exact) mass is 397 g/mol. The van der Waals surface area contributed by atoms with Crippen molar-refractivity contribution in [3.8, 4) is 0 Å². The van der Waals surface area contributed by atoms with Crippen molar-refractivity contribution in [2.24, 2.45) is 10.2 Å². The molecule has 1 aliphatic heterocycles. The largest absolute Gasteiger partial charge is 0.285 e. The molecule has 0 aliphatic carbocycles. The van der Waals surface area contributed by atoms with Crippen LogP contribution >= 0.6 is 23.4 Å². The van der Waals surface area contributed by atoms with Crippen LogP contribution in [0.4, 0.5) is 0 Å². The van der Waals surface area contributed by atoms with E-state index in [9.17, 15) is 4.79 Å². The zero-order chi connectivity index (χ0) is 19.2. The molecule has 138 valence electrons. The van der Waals surface area contributed by atoms with Crippen LogP contribution in [0.15, 0.2) is 71.4 Å². The Balaban J connectivity index is 1.77. The van der Waals surface area contributed by atoms with Crippen LogP contribution in [0.25, 0.3) is 0 Å². The number of amides is 1. The molecule has 4 nitrogen and oxygen atoms in total. The third-order valence-corrected chi connectivity index (χ3v) is 5.64. The number of halogens is 1. The Bertz CT molecular complexity index is 893. The maximum atomic E-state index is 12.8. The predicted molar refractivity (Wildman–Crippen MR) is 115 cm³/mol. The van der Waals surface area contributed by atoms with Crippen molar-refractivity contribution in [3.05, 3.63) is 82.9 Å². The molecule has 1 saturated heterocycles. The Morgan fingerprint density at radius 2 is 1.96 bits per heavy atom. The van der Waals surface area contributed by atoms with Gasteiger partial charge >= 0.3 is 0 Å². The lowest BCUT2D eigenvalue weighted by molar-refractivity contribution is -0.125. The SMILES string of the molecule is C=CCN1C(=O)C(Cc2ccccc2C)SC1=NN=Cc1ccc(Cl)cc1. The molecule has 1 aliphatic rings. The summed E-state index contributed by atoms with van der Waals surface area (Å²) in [6, 6.07) is 15.5. The Kier molecular flexibility index (Phi) is 6.48. The molecule has 1 heterocycles. The standard InChI is InChI=1S/C21H20ClN3OS/c1-3-12-25-20(26)19(13-17-7-5-4-6-15(17)2)27-21(25)24-23-14-16-8-10-18(22)11-9-16/h3-11,14,19H,1,12-13H2,2H3. The number of benzene rings is 2. The molecule has 0 spiro atoms. The lowest BCUT2D eigenvalue weighted by Gasteiger charge is -2.13. The third-order valence-electron chi connectivity index (χ3n) is 4.22. The van der Waals surface area contributed by atoms with Crippen molar-refractivity contribution in [1.82, 2.24) is 4.90 Å². The van der Waals surface area contributed by atoms with E-state index >= 15 is 0 Å². The third kappa shape index (κ3) is 4.87. The van der Waals surface area contributed by atoms with Crippen LogP contribution in [0.1, 0.15) is 16.7 Å². The maximum Gasteiger partial charge on any atom is 0.242 e. The number of aryl methyl sites for hydroxylation is 1. The second-order valence-electron chi connectivity index (χ2n) is 6.15. The average molecular weight is 398 g/mol. The van der Waals surface area contributed by atoms with Gasteiger partial charge in [-0.25, -0.2) is 0 Å². The van der Waals surface area contributed by atoms with E-state index < -0.39 is 0 Å². The summed E-state index contributed by atoms with van der Waals surface area (Å²) in [4.78, 5) is 14.4. The molecule has 0 radical (unpaired) electrons. The first-order chi connectivity index (χ1) is 13.1. The van der Waals surface area contributed by atoms with E-state index in [0.29, 0.717) is 23.2 Å². The van der Waals surface area contributed by atoms with E-state index in [-0.39, 0.29) is 11.2 Å². The highest BCUT2D eigenvalue weighted by Gasteiger charge is 2.37. The number of hydrogen-bond acceptors (Lipinski definition) is 4. The molecule has 2 aromatic carbocycles. The zero-order valence-electron chi connectivity index (χ0n) is 15.0. The number of amidine groups is 1. The summed E-state index contributed by atoms with van der Waals surface area (Å²) in [7, 11) is 0. The van der Waals surface area contributed by atoms with Gasteiger partial charge in [0.1, 0.15) is 0 Å². The summed E-state index contributed by atoms with van der Waals surface area (Å²) in [5.41, 5.74) is 3.25.